The maximum Gasteiger partial charge on any atom is 0.257 e. The van der Waals surface area contributed by atoms with Crippen molar-refractivity contribution in [2.75, 3.05) is 13.1 Å². The number of carbonyl (C=O) groups excluding carboxylic acids is 2. The topological polar surface area (TPSA) is 75.4 Å². The van der Waals surface area contributed by atoms with Gasteiger partial charge in [0, 0.05) is 34.7 Å². The fourth-order valence-electron chi connectivity index (χ4n) is 3.34. The number of pyridine rings is 1. The second kappa shape index (κ2) is 9.49. The summed E-state index contributed by atoms with van der Waals surface area (Å²) in [7, 11) is 0. The third-order valence-electron chi connectivity index (χ3n) is 4.93. The Hall–Kier alpha value is -2.58. The van der Waals surface area contributed by atoms with Crippen LogP contribution in [0.5, 0.6) is 0 Å². The number of benzene rings is 1. The van der Waals surface area contributed by atoms with Crippen LogP contribution in [0.2, 0.25) is 0 Å². The van der Waals surface area contributed by atoms with Crippen LogP contribution < -0.4 is 5.32 Å². The van der Waals surface area contributed by atoms with Gasteiger partial charge in [0.1, 0.15) is 11.3 Å². The Kier molecular flexibility index (Phi) is 6.54. The van der Waals surface area contributed by atoms with Gasteiger partial charge in [-0.3, -0.25) is 9.59 Å². The number of hydrogen-bond donors (Lipinski definition) is 1. The average Bonchev–Trinajstić information content (AvgIpc) is 3.31. The fraction of sp³-hybridized carbons (Fsp3) is 0.227. The SMILES string of the molecule is O=C(NC1CCN(C(=O)c2ccoc2)CC1)c1ccccc1Sc1ccc(Br)cn1. The van der Waals surface area contributed by atoms with E-state index in [2.05, 4.69) is 26.2 Å². The number of hydrogen-bond acceptors (Lipinski definition) is 5. The third-order valence-corrected chi connectivity index (χ3v) is 6.43. The minimum Gasteiger partial charge on any atom is -0.472 e. The third kappa shape index (κ3) is 4.94. The highest BCUT2D eigenvalue weighted by atomic mass is 79.9. The summed E-state index contributed by atoms with van der Waals surface area (Å²) in [5.41, 5.74) is 1.19. The van der Waals surface area contributed by atoms with Gasteiger partial charge in [0.15, 0.2) is 0 Å². The number of piperidine rings is 1. The standard InChI is InChI=1S/C22H20BrN3O3S/c23-16-5-6-20(24-13-16)30-19-4-2-1-3-18(19)21(27)25-17-7-10-26(11-8-17)22(28)15-9-12-29-14-15/h1-6,9,12-14,17H,7-8,10-11H2,(H,25,27). The van der Waals surface area contributed by atoms with Crippen LogP contribution in [0.25, 0.3) is 0 Å². The zero-order valence-electron chi connectivity index (χ0n) is 16.1. The van der Waals surface area contributed by atoms with E-state index in [1.807, 2.05) is 36.4 Å². The molecule has 6 nitrogen and oxygen atoms in total. The molecule has 1 N–H and O–H groups in total. The van der Waals surface area contributed by atoms with Crippen molar-refractivity contribution in [3.63, 3.8) is 0 Å². The Labute approximate surface area is 187 Å². The number of nitrogens with one attached hydrogen (secondary N) is 1. The highest BCUT2D eigenvalue weighted by molar-refractivity contribution is 9.10. The minimum atomic E-state index is -0.102. The van der Waals surface area contributed by atoms with Gasteiger partial charge in [-0.15, -0.1) is 0 Å². The van der Waals surface area contributed by atoms with E-state index >= 15 is 0 Å². The van der Waals surface area contributed by atoms with Gasteiger partial charge in [0.05, 0.1) is 17.4 Å². The fourth-order valence-corrected chi connectivity index (χ4v) is 4.46. The lowest BCUT2D eigenvalue weighted by molar-refractivity contribution is 0.0697. The van der Waals surface area contributed by atoms with Crippen molar-refractivity contribution in [2.24, 2.45) is 0 Å². The Morgan fingerprint density at radius 3 is 2.63 bits per heavy atom. The van der Waals surface area contributed by atoms with Gasteiger partial charge >= 0.3 is 0 Å². The lowest BCUT2D eigenvalue weighted by Crippen LogP contribution is -2.46. The van der Waals surface area contributed by atoms with Gasteiger partial charge in [-0.25, -0.2) is 4.98 Å². The van der Waals surface area contributed by atoms with Crippen molar-refractivity contribution in [3.05, 3.63) is 76.8 Å². The molecule has 154 valence electrons. The quantitative estimate of drug-likeness (QED) is 0.570. The molecule has 1 aliphatic heterocycles. The number of nitrogens with zero attached hydrogens (tertiary/aromatic N) is 2. The second-order valence-electron chi connectivity index (χ2n) is 6.96. The molecule has 0 bridgehead atoms. The van der Waals surface area contributed by atoms with Crippen LogP contribution in [-0.4, -0.2) is 40.8 Å². The van der Waals surface area contributed by atoms with E-state index in [-0.39, 0.29) is 17.9 Å². The average molecular weight is 486 g/mol. The van der Waals surface area contributed by atoms with Gasteiger partial charge in [-0.05, 0) is 59.1 Å². The Bertz CT molecular complexity index is 1020. The number of halogens is 1. The monoisotopic (exact) mass is 485 g/mol. The molecule has 0 saturated carbocycles. The minimum absolute atomic E-state index is 0.0303. The summed E-state index contributed by atoms with van der Waals surface area (Å²) in [6, 6.07) is 13.1. The highest BCUT2D eigenvalue weighted by Crippen LogP contribution is 2.30. The molecule has 8 heteroatoms. The first kappa shape index (κ1) is 20.7. The Morgan fingerprint density at radius 2 is 1.93 bits per heavy atom. The van der Waals surface area contributed by atoms with Gasteiger partial charge in [0.25, 0.3) is 11.8 Å². The molecule has 3 aromatic rings. The van der Waals surface area contributed by atoms with Crippen molar-refractivity contribution in [2.45, 2.75) is 28.8 Å². The van der Waals surface area contributed by atoms with E-state index in [0.29, 0.717) is 24.2 Å². The molecule has 0 atom stereocenters. The van der Waals surface area contributed by atoms with E-state index in [4.69, 9.17) is 4.42 Å². The van der Waals surface area contributed by atoms with Crippen molar-refractivity contribution < 1.29 is 14.0 Å². The van der Waals surface area contributed by atoms with E-state index in [0.717, 1.165) is 27.2 Å². The number of likely N-dealkylation sites (tertiary alicyclic amines) is 1. The number of carbonyl (C=O) groups is 2. The molecule has 1 fully saturated rings. The maximum atomic E-state index is 12.9. The largest absolute Gasteiger partial charge is 0.472 e. The molecule has 2 amide bonds. The molecular formula is C22H20BrN3O3S. The Balaban J connectivity index is 1.37. The summed E-state index contributed by atoms with van der Waals surface area (Å²) in [6.07, 6.45) is 6.14. The lowest BCUT2D eigenvalue weighted by Gasteiger charge is -2.32. The molecule has 0 radical (unpaired) electrons. The summed E-state index contributed by atoms with van der Waals surface area (Å²) in [6.45, 7) is 1.21. The number of furan rings is 1. The molecule has 30 heavy (non-hydrogen) atoms. The molecule has 0 spiro atoms. The summed E-state index contributed by atoms with van der Waals surface area (Å²) < 4.78 is 5.91. The van der Waals surface area contributed by atoms with Crippen molar-refractivity contribution in [3.8, 4) is 0 Å². The number of amides is 2. The van der Waals surface area contributed by atoms with Crippen LogP contribution >= 0.6 is 27.7 Å². The van der Waals surface area contributed by atoms with Gasteiger partial charge in [-0.2, -0.15) is 0 Å². The first-order valence-electron chi connectivity index (χ1n) is 9.61. The van der Waals surface area contributed by atoms with Crippen LogP contribution in [0.4, 0.5) is 0 Å². The van der Waals surface area contributed by atoms with Crippen LogP contribution in [0.3, 0.4) is 0 Å². The lowest BCUT2D eigenvalue weighted by atomic mass is 10.0. The summed E-state index contributed by atoms with van der Waals surface area (Å²) >= 11 is 4.84. The molecule has 4 rings (SSSR count). The van der Waals surface area contributed by atoms with Crippen LogP contribution in [0.1, 0.15) is 33.6 Å². The zero-order chi connectivity index (χ0) is 20.9. The highest BCUT2D eigenvalue weighted by Gasteiger charge is 2.26. The van der Waals surface area contributed by atoms with Crippen LogP contribution in [0, 0.1) is 0 Å². The maximum absolute atomic E-state index is 12.9. The van der Waals surface area contributed by atoms with Crippen molar-refractivity contribution in [1.29, 1.82) is 0 Å². The molecule has 0 aliphatic carbocycles. The zero-order valence-corrected chi connectivity index (χ0v) is 18.5. The summed E-state index contributed by atoms with van der Waals surface area (Å²) in [5, 5.41) is 3.95. The van der Waals surface area contributed by atoms with E-state index in [9.17, 15) is 9.59 Å². The molecule has 1 aliphatic rings. The first-order chi connectivity index (χ1) is 14.6. The van der Waals surface area contributed by atoms with E-state index < -0.39 is 0 Å². The first-order valence-corrected chi connectivity index (χ1v) is 11.2. The second-order valence-corrected chi connectivity index (χ2v) is 8.94. The smallest absolute Gasteiger partial charge is 0.257 e. The Morgan fingerprint density at radius 1 is 1.13 bits per heavy atom. The van der Waals surface area contributed by atoms with Crippen molar-refractivity contribution in [1.82, 2.24) is 15.2 Å². The van der Waals surface area contributed by atoms with Crippen LogP contribution in [0.15, 0.2) is 80.0 Å². The molecule has 3 heterocycles. The van der Waals surface area contributed by atoms with Gasteiger partial charge < -0.3 is 14.6 Å². The van der Waals surface area contributed by atoms with Gasteiger partial charge in [0.2, 0.25) is 0 Å². The molecule has 0 unspecified atom stereocenters. The van der Waals surface area contributed by atoms with E-state index in [1.165, 1.54) is 24.3 Å². The molecule has 1 aromatic carbocycles. The van der Waals surface area contributed by atoms with E-state index in [1.54, 1.807) is 17.2 Å². The predicted molar refractivity (Wildman–Crippen MR) is 118 cm³/mol. The molecule has 2 aromatic heterocycles. The molecular weight excluding hydrogens is 466 g/mol. The number of aromatic nitrogens is 1. The van der Waals surface area contributed by atoms with Crippen molar-refractivity contribution >= 4 is 39.5 Å². The number of rotatable bonds is 5. The van der Waals surface area contributed by atoms with Gasteiger partial charge in [-0.1, -0.05) is 23.9 Å². The molecule has 1 saturated heterocycles. The normalized spacial score (nSPS) is 14.5. The van der Waals surface area contributed by atoms with Crippen LogP contribution in [-0.2, 0) is 0 Å². The summed E-state index contributed by atoms with van der Waals surface area (Å²) in [5.74, 6) is -0.132. The predicted octanol–water partition coefficient (Wildman–Crippen LogP) is 4.62. The summed E-state index contributed by atoms with van der Waals surface area (Å²) in [4.78, 5) is 32.4.